The quantitative estimate of drug-likeness (QED) is 0.541. The van der Waals surface area contributed by atoms with Crippen LogP contribution in [0.25, 0.3) is 10.2 Å². The minimum atomic E-state index is -3.46. The van der Waals surface area contributed by atoms with Gasteiger partial charge in [-0.15, -0.1) is 6.42 Å². The van der Waals surface area contributed by atoms with Gasteiger partial charge in [-0.1, -0.05) is 30.2 Å². The van der Waals surface area contributed by atoms with Crippen LogP contribution in [0.4, 0.5) is 0 Å². The molecule has 10 heteroatoms. The van der Waals surface area contributed by atoms with Gasteiger partial charge >= 0.3 is 0 Å². The average Bonchev–Trinajstić information content (AvgIpc) is 3.04. The summed E-state index contributed by atoms with van der Waals surface area (Å²) in [5, 5.41) is 0. The van der Waals surface area contributed by atoms with Gasteiger partial charge in [-0.05, 0) is 36.4 Å². The first kappa shape index (κ1) is 22.0. The van der Waals surface area contributed by atoms with Crippen molar-refractivity contribution in [2.45, 2.75) is 23.3 Å². The van der Waals surface area contributed by atoms with Crippen LogP contribution in [-0.2, 0) is 26.2 Å². The van der Waals surface area contributed by atoms with Gasteiger partial charge in [0.2, 0.25) is 0 Å². The summed E-state index contributed by atoms with van der Waals surface area (Å²) in [6.07, 6.45) is 6.56. The summed E-state index contributed by atoms with van der Waals surface area (Å²) in [5.41, 5.74) is 0.783. The van der Waals surface area contributed by atoms with Crippen LogP contribution in [0.5, 0.6) is 0 Å². The van der Waals surface area contributed by atoms with Gasteiger partial charge in [-0.25, -0.2) is 16.8 Å². The molecule has 0 aliphatic heterocycles. The molecule has 0 saturated heterocycles. The molecule has 2 aromatic carbocycles. The summed E-state index contributed by atoms with van der Waals surface area (Å²) in [6.45, 7) is 1.66. The van der Waals surface area contributed by atoms with Crippen LogP contribution in [0, 0.1) is 12.3 Å². The number of nitrogens with zero attached hydrogens (tertiary/aromatic N) is 2. The van der Waals surface area contributed by atoms with Crippen molar-refractivity contribution in [3.8, 4) is 12.3 Å². The van der Waals surface area contributed by atoms with Gasteiger partial charge in [0.25, 0.3) is 5.91 Å². The Bertz CT molecular complexity index is 1470. The van der Waals surface area contributed by atoms with Crippen molar-refractivity contribution in [1.82, 2.24) is 4.57 Å². The highest BCUT2D eigenvalue weighted by molar-refractivity contribution is 7.91. The normalized spacial score (nSPS) is 12.8. The van der Waals surface area contributed by atoms with E-state index in [4.69, 9.17) is 6.42 Å². The Balaban J connectivity index is 2.16. The molecule has 0 N–H and O–H groups in total. The number of fused-ring (bicyclic) bond motifs is 1. The van der Waals surface area contributed by atoms with Crippen LogP contribution in [0.3, 0.4) is 0 Å². The number of carbonyl (C=O) groups excluding carboxylic acids is 1. The van der Waals surface area contributed by atoms with Crippen molar-refractivity contribution < 1.29 is 21.6 Å². The molecule has 0 atom stereocenters. The first-order valence-corrected chi connectivity index (χ1v) is 13.1. The zero-order valence-corrected chi connectivity index (χ0v) is 18.6. The van der Waals surface area contributed by atoms with Crippen molar-refractivity contribution in [1.29, 1.82) is 0 Å². The van der Waals surface area contributed by atoms with Crippen LogP contribution < -0.4 is 4.80 Å². The van der Waals surface area contributed by atoms with E-state index in [9.17, 15) is 21.6 Å². The van der Waals surface area contributed by atoms with E-state index in [1.807, 2.05) is 0 Å². The Morgan fingerprint density at radius 2 is 1.87 bits per heavy atom. The summed E-state index contributed by atoms with van der Waals surface area (Å²) < 4.78 is 50.1. The lowest BCUT2D eigenvalue weighted by molar-refractivity contribution is 0.0997. The van der Waals surface area contributed by atoms with Crippen molar-refractivity contribution in [3.05, 3.63) is 52.8 Å². The molecule has 0 fully saturated rings. The summed E-state index contributed by atoms with van der Waals surface area (Å²) in [6, 6.07) is 10.3. The van der Waals surface area contributed by atoms with E-state index < -0.39 is 25.6 Å². The van der Waals surface area contributed by atoms with Crippen LogP contribution >= 0.6 is 11.3 Å². The third-order valence-corrected chi connectivity index (χ3v) is 8.23. The third kappa shape index (κ3) is 4.38. The summed E-state index contributed by atoms with van der Waals surface area (Å²) >= 11 is 1.13. The number of carbonyl (C=O) groups is 1. The number of amides is 1. The highest BCUT2D eigenvalue weighted by Crippen LogP contribution is 2.22. The van der Waals surface area contributed by atoms with Crippen molar-refractivity contribution >= 4 is 47.1 Å². The second-order valence-corrected chi connectivity index (χ2v) is 11.7. The maximum Gasteiger partial charge on any atom is 0.279 e. The zero-order valence-electron chi connectivity index (χ0n) is 16.2. The lowest BCUT2D eigenvalue weighted by Crippen LogP contribution is -2.16. The lowest BCUT2D eigenvalue weighted by atomic mass is 10.2. The van der Waals surface area contributed by atoms with E-state index in [-0.39, 0.29) is 27.7 Å². The molecule has 7 nitrogen and oxygen atoms in total. The van der Waals surface area contributed by atoms with E-state index in [0.717, 1.165) is 17.6 Å². The standard InChI is InChI=1S/C20H18N2O5S3/c1-4-11-22-17-10-9-15(29(3,24)25)13-18(17)28-20(22)21-19(23)14-7-6-8-16(12-14)30(26,27)5-2/h1,6-10,12-13H,5,11H2,2-3H3. The number of sulfone groups is 2. The molecule has 156 valence electrons. The molecule has 0 bridgehead atoms. The van der Waals surface area contributed by atoms with Crippen LogP contribution in [0.15, 0.2) is 57.2 Å². The van der Waals surface area contributed by atoms with Crippen molar-refractivity contribution in [3.63, 3.8) is 0 Å². The topological polar surface area (TPSA) is 103 Å². The molecular weight excluding hydrogens is 444 g/mol. The monoisotopic (exact) mass is 462 g/mol. The average molecular weight is 463 g/mol. The molecule has 30 heavy (non-hydrogen) atoms. The molecule has 0 aliphatic rings. The Kier molecular flexibility index (Phi) is 5.99. The van der Waals surface area contributed by atoms with E-state index in [1.54, 1.807) is 10.6 Å². The molecule has 1 aromatic heterocycles. The van der Waals surface area contributed by atoms with E-state index in [2.05, 4.69) is 10.9 Å². The first-order chi connectivity index (χ1) is 14.1. The number of aromatic nitrogens is 1. The number of hydrogen-bond acceptors (Lipinski definition) is 6. The SMILES string of the molecule is C#CCn1c(=NC(=O)c2cccc(S(=O)(=O)CC)c2)sc2cc(S(C)(=O)=O)ccc21. The molecule has 1 heterocycles. The van der Waals surface area contributed by atoms with E-state index in [1.165, 1.54) is 43.3 Å². The number of hydrogen-bond donors (Lipinski definition) is 0. The summed E-state index contributed by atoms with van der Waals surface area (Å²) in [7, 11) is -6.86. The second kappa shape index (κ2) is 8.18. The second-order valence-electron chi connectivity index (χ2n) is 6.42. The largest absolute Gasteiger partial charge is 0.305 e. The Morgan fingerprint density at radius 1 is 1.13 bits per heavy atom. The van der Waals surface area contributed by atoms with Gasteiger partial charge < -0.3 is 4.57 Å². The van der Waals surface area contributed by atoms with Crippen LogP contribution in [0.2, 0.25) is 0 Å². The van der Waals surface area contributed by atoms with E-state index in [0.29, 0.717) is 15.0 Å². The Hall–Kier alpha value is -2.74. The fourth-order valence-corrected chi connectivity index (χ4v) is 5.47. The fourth-order valence-electron chi connectivity index (χ4n) is 2.75. The number of benzene rings is 2. The molecule has 0 unspecified atom stereocenters. The summed E-state index contributed by atoms with van der Waals surface area (Å²) in [5.74, 6) is 1.80. The molecular formula is C20H18N2O5S3. The predicted molar refractivity (Wildman–Crippen MR) is 116 cm³/mol. The predicted octanol–water partition coefficient (Wildman–Crippen LogP) is 2.27. The molecule has 0 radical (unpaired) electrons. The summed E-state index contributed by atoms with van der Waals surface area (Å²) in [4.78, 5) is 17.4. The minimum absolute atomic E-state index is 0.0525. The van der Waals surface area contributed by atoms with Crippen molar-refractivity contribution in [2.75, 3.05) is 12.0 Å². The van der Waals surface area contributed by atoms with Gasteiger partial charge in [0.15, 0.2) is 24.5 Å². The molecule has 0 aliphatic carbocycles. The molecule has 0 saturated carbocycles. The van der Waals surface area contributed by atoms with Gasteiger partial charge in [-0.3, -0.25) is 4.79 Å². The highest BCUT2D eigenvalue weighted by atomic mass is 32.2. The van der Waals surface area contributed by atoms with Crippen LogP contribution in [0.1, 0.15) is 17.3 Å². The maximum atomic E-state index is 12.7. The molecule has 3 aromatic rings. The molecule has 3 rings (SSSR count). The smallest absolute Gasteiger partial charge is 0.279 e. The van der Waals surface area contributed by atoms with Gasteiger partial charge in [0.1, 0.15) is 0 Å². The number of terminal acetylenes is 1. The number of rotatable bonds is 5. The van der Waals surface area contributed by atoms with E-state index >= 15 is 0 Å². The van der Waals surface area contributed by atoms with Gasteiger partial charge in [0.05, 0.1) is 32.3 Å². The molecule has 1 amide bonds. The van der Waals surface area contributed by atoms with Gasteiger partial charge in [-0.2, -0.15) is 4.99 Å². The maximum absolute atomic E-state index is 12.7. The lowest BCUT2D eigenvalue weighted by Gasteiger charge is -2.03. The zero-order chi connectivity index (χ0) is 22.1. The Morgan fingerprint density at radius 3 is 2.50 bits per heavy atom. The van der Waals surface area contributed by atoms with Crippen molar-refractivity contribution in [2.24, 2.45) is 4.99 Å². The number of thiazole rings is 1. The van der Waals surface area contributed by atoms with Crippen LogP contribution in [-0.4, -0.2) is 39.3 Å². The minimum Gasteiger partial charge on any atom is -0.305 e. The third-order valence-electron chi connectivity index (χ3n) is 4.35. The highest BCUT2D eigenvalue weighted by Gasteiger charge is 2.16. The first-order valence-electron chi connectivity index (χ1n) is 8.75. The van der Waals surface area contributed by atoms with Gasteiger partial charge in [0, 0.05) is 11.8 Å². The fraction of sp³-hybridized carbons (Fsp3) is 0.200. The Labute approximate surface area is 178 Å². The molecule has 0 spiro atoms.